The second-order valence-corrected chi connectivity index (χ2v) is 4.88. The number of hydrogen-bond acceptors (Lipinski definition) is 4. The van der Waals surface area contributed by atoms with Crippen molar-refractivity contribution in [2.24, 2.45) is 5.92 Å². The molecule has 0 amide bonds. The lowest BCUT2D eigenvalue weighted by Crippen LogP contribution is -2.15. The fraction of sp³-hybridized carbons (Fsp3) is 0.583. The van der Waals surface area contributed by atoms with E-state index in [-0.39, 0.29) is 5.69 Å². The molecule has 1 saturated carbocycles. The molecular formula is C12H17N5O. The highest BCUT2D eigenvalue weighted by molar-refractivity contribution is 5.42. The lowest BCUT2D eigenvalue weighted by atomic mass is 10.0. The van der Waals surface area contributed by atoms with Crippen molar-refractivity contribution in [3.05, 3.63) is 22.6 Å². The van der Waals surface area contributed by atoms with E-state index in [4.69, 9.17) is 0 Å². The van der Waals surface area contributed by atoms with Crippen molar-refractivity contribution in [3.8, 4) is 0 Å². The highest BCUT2D eigenvalue weighted by Gasteiger charge is 2.14. The van der Waals surface area contributed by atoms with Crippen molar-refractivity contribution in [2.45, 2.75) is 32.1 Å². The van der Waals surface area contributed by atoms with Crippen molar-refractivity contribution in [1.82, 2.24) is 19.8 Å². The Bertz CT molecular complexity index is 581. The maximum atomic E-state index is 11.4. The minimum atomic E-state index is -0.301. The second kappa shape index (κ2) is 4.80. The van der Waals surface area contributed by atoms with E-state index >= 15 is 0 Å². The molecule has 2 aromatic rings. The third-order valence-electron chi connectivity index (χ3n) is 3.61. The van der Waals surface area contributed by atoms with Gasteiger partial charge in [0.25, 0.3) is 0 Å². The first-order valence-electron chi connectivity index (χ1n) is 6.51. The van der Waals surface area contributed by atoms with E-state index in [0.717, 1.165) is 18.3 Å². The van der Waals surface area contributed by atoms with Crippen molar-refractivity contribution < 1.29 is 0 Å². The summed E-state index contributed by atoms with van der Waals surface area (Å²) in [5, 5.41) is 13.7. The van der Waals surface area contributed by atoms with Gasteiger partial charge < -0.3 is 5.32 Å². The number of rotatable bonds is 4. The summed E-state index contributed by atoms with van der Waals surface area (Å²) >= 11 is 0. The van der Waals surface area contributed by atoms with Crippen LogP contribution in [0.4, 0.5) is 5.82 Å². The van der Waals surface area contributed by atoms with Crippen LogP contribution in [0.25, 0.3) is 5.65 Å². The van der Waals surface area contributed by atoms with Crippen LogP contribution >= 0.6 is 0 Å². The third kappa shape index (κ3) is 2.23. The van der Waals surface area contributed by atoms with E-state index in [9.17, 15) is 4.79 Å². The molecule has 96 valence electrons. The monoisotopic (exact) mass is 247 g/mol. The summed E-state index contributed by atoms with van der Waals surface area (Å²) in [5.41, 5.74) is 0.241. The van der Waals surface area contributed by atoms with Gasteiger partial charge >= 0.3 is 5.69 Å². The summed E-state index contributed by atoms with van der Waals surface area (Å²) in [6.07, 6.45) is 6.64. The molecule has 0 atom stereocenters. The second-order valence-electron chi connectivity index (χ2n) is 4.88. The van der Waals surface area contributed by atoms with Gasteiger partial charge in [0.1, 0.15) is 5.82 Å². The van der Waals surface area contributed by atoms with Gasteiger partial charge in [-0.05, 0) is 24.5 Å². The quantitative estimate of drug-likeness (QED) is 0.856. The van der Waals surface area contributed by atoms with Crippen LogP contribution < -0.4 is 11.0 Å². The standard InChI is InChI=1S/C12H17N5O/c18-12-15-14-11-6-5-10(16-17(11)12)13-8-7-9-3-1-2-4-9/h5-6,9H,1-4,7-8H2,(H,13,16)(H,15,18). The summed E-state index contributed by atoms with van der Waals surface area (Å²) in [6.45, 7) is 0.912. The molecule has 0 aromatic carbocycles. The summed E-state index contributed by atoms with van der Waals surface area (Å²) < 4.78 is 1.28. The van der Waals surface area contributed by atoms with Gasteiger partial charge in [0.05, 0.1) is 0 Å². The summed E-state index contributed by atoms with van der Waals surface area (Å²) in [4.78, 5) is 11.4. The van der Waals surface area contributed by atoms with Crippen LogP contribution in [-0.2, 0) is 0 Å². The van der Waals surface area contributed by atoms with Gasteiger partial charge in [-0.1, -0.05) is 25.7 Å². The van der Waals surface area contributed by atoms with Crippen molar-refractivity contribution in [2.75, 3.05) is 11.9 Å². The molecule has 2 heterocycles. The number of aromatic nitrogens is 4. The minimum absolute atomic E-state index is 0.301. The third-order valence-corrected chi connectivity index (χ3v) is 3.61. The smallest absolute Gasteiger partial charge is 0.364 e. The molecule has 0 saturated heterocycles. The Balaban J connectivity index is 1.63. The van der Waals surface area contributed by atoms with Crippen LogP contribution in [0.5, 0.6) is 0 Å². The summed E-state index contributed by atoms with van der Waals surface area (Å²) in [7, 11) is 0. The topological polar surface area (TPSA) is 75.1 Å². The molecule has 6 heteroatoms. The number of fused-ring (bicyclic) bond motifs is 1. The first-order valence-corrected chi connectivity index (χ1v) is 6.51. The predicted molar refractivity (Wildman–Crippen MR) is 68.7 cm³/mol. The van der Waals surface area contributed by atoms with E-state index in [1.165, 1.54) is 36.6 Å². The van der Waals surface area contributed by atoms with Gasteiger partial charge in [-0.25, -0.2) is 9.89 Å². The molecule has 1 aliphatic rings. The van der Waals surface area contributed by atoms with Crippen molar-refractivity contribution >= 4 is 11.5 Å². The first kappa shape index (κ1) is 11.3. The van der Waals surface area contributed by atoms with Gasteiger partial charge in [0, 0.05) is 6.54 Å². The van der Waals surface area contributed by atoms with Gasteiger partial charge in [0.2, 0.25) is 0 Å². The Hall–Kier alpha value is -1.85. The van der Waals surface area contributed by atoms with E-state index in [1.54, 1.807) is 6.07 Å². The molecule has 2 aromatic heterocycles. The molecule has 0 bridgehead atoms. The molecule has 3 rings (SSSR count). The number of aromatic amines is 1. The molecule has 2 N–H and O–H groups in total. The average Bonchev–Trinajstić information content (AvgIpc) is 3.01. The van der Waals surface area contributed by atoms with Crippen LogP contribution in [0.1, 0.15) is 32.1 Å². The fourth-order valence-electron chi connectivity index (χ4n) is 2.60. The fourth-order valence-corrected chi connectivity index (χ4v) is 2.60. The molecule has 6 nitrogen and oxygen atoms in total. The highest BCUT2D eigenvalue weighted by atomic mass is 16.2. The molecule has 0 spiro atoms. The zero-order valence-corrected chi connectivity index (χ0v) is 10.2. The predicted octanol–water partition coefficient (Wildman–Crippen LogP) is 1.41. The van der Waals surface area contributed by atoms with E-state index < -0.39 is 0 Å². The average molecular weight is 247 g/mol. The number of hydrogen-bond donors (Lipinski definition) is 2. The Labute approximate surface area is 104 Å². The van der Waals surface area contributed by atoms with Gasteiger partial charge in [-0.2, -0.15) is 9.61 Å². The van der Waals surface area contributed by atoms with Crippen molar-refractivity contribution in [3.63, 3.8) is 0 Å². The normalized spacial score (nSPS) is 16.4. The Morgan fingerprint density at radius 1 is 1.39 bits per heavy atom. The van der Waals surface area contributed by atoms with Gasteiger partial charge in [0.15, 0.2) is 5.65 Å². The Morgan fingerprint density at radius 2 is 2.22 bits per heavy atom. The lowest BCUT2D eigenvalue weighted by Gasteiger charge is -2.09. The molecule has 0 unspecified atom stereocenters. The van der Waals surface area contributed by atoms with Crippen LogP contribution in [0.2, 0.25) is 0 Å². The van der Waals surface area contributed by atoms with E-state index in [2.05, 4.69) is 20.6 Å². The number of nitrogens with one attached hydrogen (secondary N) is 2. The maximum Gasteiger partial charge on any atom is 0.364 e. The molecule has 1 fully saturated rings. The first-order chi connectivity index (χ1) is 8.83. The highest BCUT2D eigenvalue weighted by Crippen LogP contribution is 2.27. The molecular weight excluding hydrogens is 230 g/mol. The SMILES string of the molecule is O=c1[nH]nc2ccc(NCCC3CCCC3)nn12. The number of nitrogens with zero attached hydrogens (tertiary/aromatic N) is 3. The van der Waals surface area contributed by atoms with Crippen LogP contribution in [0.15, 0.2) is 16.9 Å². The van der Waals surface area contributed by atoms with Crippen LogP contribution in [0, 0.1) is 5.92 Å². The summed E-state index contributed by atoms with van der Waals surface area (Å²) in [5.74, 6) is 1.59. The van der Waals surface area contributed by atoms with Crippen molar-refractivity contribution in [1.29, 1.82) is 0 Å². The summed E-state index contributed by atoms with van der Waals surface area (Å²) in [6, 6.07) is 3.63. The van der Waals surface area contributed by atoms with Gasteiger partial charge in [-0.3, -0.25) is 0 Å². The van der Waals surface area contributed by atoms with E-state index in [0.29, 0.717) is 5.65 Å². The number of anilines is 1. The molecule has 1 aliphatic carbocycles. The Kier molecular flexibility index (Phi) is 3.00. The zero-order valence-electron chi connectivity index (χ0n) is 10.2. The zero-order chi connectivity index (χ0) is 12.4. The number of H-pyrrole nitrogens is 1. The van der Waals surface area contributed by atoms with Crippen LogP contribution in [0.3, 0.4) is 0 Å². The van der Waals surface area contributed by atoms with E-state index in [1.807, 2.05) is 6.07 Å². The minimum Gasteiger partial charge on any atom is -0.369 e. The molecule has 0 radical (unpaired) electrons. The Morgan fingerprint density at radius 3 is 3.06 bits per heavy atom. The van der Waals surface area contributed by atoms with Gasteiger partial charge in [-0.15, -0.1) is 5.10 Å². The lowest BCUT2D eigenvalue weighted by molar-refractivity contribution is 0.518. The maximum absolute atomic E-state index is 11.4. The van der Waals surface area contributed by atoms with Crippen LogP contribution in [-0.4, -0.2) is 26.4 Å². The molecule has 18 heavy (non-hydrogen) atoms. The molecule has 0 aliphatic heterocycles. The largest absolute Gasteiger partial charge is 0.369 e.